The first kappa shape index (κ1) is 38.3. The highest BCUT2D eigenvalue weighted by atomic mass is 35.5. The number of carbonyl (C=O) groups is 2. The fourth-order valence-electron chi connectivity index (χ4n) is 6.64. The molecule has 10 rings (SSSR count). The van der Waals surface area contributed by atoms with E-state index in [1.165, 1.54) is 17.2 Å². The van der Waals surface area contributed by atoms with Crippen LogP contribution in [0.3, 0.4) is 0 Å². The minimum atomic E-state index is -0.995. The zero-order valence-corrected chi connectivity index (χ0v) is 32.4. The lowest BCUT2D eigenvalue weighted by Crippen LogP contribution is -2.22. The van der Waals surface area contributed by atoms with Gasteiger partial charge in [-0.05, 0) is 72.6 Å². The first-order chi connectivity index (χ1) is 28.7. The molecule has 0 saturated carbocycles. The lowest BCUT2D eigenvalue weighted by molar-refractivity contribution is 0.0698. The molecule has 0 aliphatic heterocycles. The monoisotopic (exact) mass is 800 g/mol. The number of hydrogen-bond donors (Lipinski definition) is 7. The van der Waals surface area contributed by atoms with Crippen LogP contribution < -0.4 is 11.1 Å². The number of H-pyrrole nitrogens is 4. The number of carbonyl (C=O) groups excluding carboxylic acids is 1. The summed E-state index contributed by atoms with van der Waals surface area (Å²) in [5.41, 5.74) is 15.5. The first-order valence-corrected chi connectivity index (χ1v) is 19.0. The van der Waals surface area contributed by atoms with Crippen LogP contribution in [0.1, 0.15) is 37.4 Å². The predicted molar refractivity (Wildman–Crippen MR) is 231 cm³/mol. The second kappa shape index (κ2) is 16.9. The number of amides is 1. The normalized spacial score (nSPS) is 11.0. The van der Waals surface area contributed by atoms with Crippen molar-refractivity contribution in [1.29, 1.82) is 0 Å². The molecule has 59 heavy (non-hydrogen) atoms. The minimum absolute atomic E-state index is 0.159. The molecule has 0 radical (unpaired) electrons. The fourth-order valence-corrected chi connectivity index (χ4v) is 6.85. The van der Waals surface area contributed by atoms with Crippen LogP contribution in [0.4, 0.5) is 0 Å². The second-order valence-corrected chi connectivity index (χ2v) is 14.1. The molecule has 8 N–H and O–H groups in total. The van der Waals surface area contributed by atoms with Gasteiger partial charge in [0.25, 0.3) is 5.91 Å². The summed E-state index contributed by atoms with van der Waals surface area (Å²) in [6.45, 7) is 3.12. The van der Waals surface area contributed by atoms with Gasteiger partial charge < -0.3 is 26.1 Å². The lowest BCUT2D eigenvalue weighted by Gasteiger charge is -2.06. The van der Waals surface area contributed by atoms with Crippen molar-refractivity contribution in [3.63, 3.8) is 0 Å². The van der Waals surface area contributed by atoms with E-state index >= 15 is 0 Å². The van der Waals surface area contributed by atoms with Crippen molar-refractivity contribution < 1.29 is 14.7 Å². The summed E-state index contributed by atoms with van der Waals surface area (Å²) in [7, 11) is 0. The highest BCUT2D eigenvalue weighted by Gasteiger charge is 2.17. The van der Waals surface area contributed by atoms with Gasteiger partial charge in [0.2, 0.25) is 0 Å². The number of nitrogens with one attached hydrogen (secondary N) is 5. The smallest absolute Gasteiger partial charge is 0.337 e. The van der Waals surface area contributed by atoms with Crippen molar-refractivity contribution in [2.24, 2.45) is 5.73 Å². The third kappa shape index (κ3) is 8.42. The fraction of sp³-hybridized carbons (Fsp3) is 0.0667. The highest BCUT2D eigenvalue weighted by Crippen LogP contribution is 2.28. The number of aromatic carboxylic acids is 1. The van der Waals surface area contributed by atoms with E-state index in [9.17, 15) is 14.7 Å². The maximum atomic E-state index is 12.6. The van der Waals surface area contributed by atoms with E-state index < -0.39 is 5.97 Å². The third-order valence-electron chi connectivity index (χ3n) is 9.54. The number of carboxylic acids is 1. The molecule has 4 heterocycles. The number of aromatic amines is 4. The molecular weight excluding hydrogens is 764 g/mol. The van der Waals surface area contributed by atoms with Crippen molar-refractivity contribution in [2.75, 3.05) is 0 Å². The van der Waals surface area contributed by atoms with E-state index in [1.807, 2.05) is 84.9 Å². The number of hydrogen-bond acceptors (Lipinski definition) is 7. The summed E-state index contributed by atoms with van der Waals surface area (Å²) in [5.74, 6) is 0.0591. The van der Waals surface area contributed by atoms with E-state index in [1.54, 1.807) is 30.3 Å². The number of para-hydroxylation sites is 3. The van der Waals surface area contributed by atoms with Crippen LogP contribution in [-0.2, 0) is 13.1 Å². The van der Waals surface area contributed by atoms with Gasteiger partial charge in [-0.15, -0.1) is 0 Å². The summed E-state index contributed by atoms with van der Waals surface area (Å²) >= 11 is 5.99. The van der Waals surface area contributed by atoms with Gasteiger partial charge in [-0.3, -0.25) is 15.0 Å². The average molecular weight is 801 g/mol. The standard InChI is InChI=1S/C22H16ClN5O.C15H10N4O2.C8H11N/c23-15-5-3-4-13(10-15)12-24-22(29)14-8-9-18-19(11-14)26-21(25-18)20-16-6-1-2-7-17(16)27-28-20;20-15(21)9-5-3-7-11-12(9)17-14(16-11)13-8-4-1-2-6-10(8)18-19-13;1-7-3-2-4-8(5-7)6-9/h1-11H,12H2,(H,24,29)(H,25,26)(H,27,28);1-7H,(H,16,17)(H,18,19)(H,20,21);2-5H,6,9H2,1H3. The lowest BCUT2D eigenvalue weighted by atomic mass is 10.1. The topological polar surface area (TPSA) is 207 Å². The van der Waals surface area contributed by atoms with E-state index in [0.717, 1.165) is 44.1 Å². The molecule has 14 heteroatoms. The molecule has 0 atom stereocenters. The molecule has 0 spiro atoms. The van der Waals surface area contributed by atoms with Crippen molar-refractivity contribution in [2.45, 2.75) is 20.0 Å². The number of nitrogens with two attached hydrogens (primary N) is 1. The minimum Gasteiger partial charge on any atom is -0.478 e. The van der Waals surface area contributed by atoms with Crippen LogP contribution in [0.15, 0.2) is 133 Å². The number of nitrogens with zero attached hydrogens (tertiary/aromatic N) is 4. The molecule has 0 unspecified atom stereocenters. The molecule has 292 valence electrons. The van der Waals surface area contributed by atoms with Crippen molar-refractivity contribution in [3.8, 4) is 23.0 Å². The Morgan fingerprint density at radius 2 is 1.31 bits per heavy atom. The van der Waals surface area contributed by atoms with Gasteiger partial charge in [-0.25, -0.2) is 14.8 Å². The molecule has 0 aliphatic rings. The Balaban J connectivity index is 0.000000140. The molecule has 13 nitrogen and oxygen atoms in total. The third-order valence-corrected chi connectivity index (χ3v) is 9.77. The number of benzene rings is 6. The van der Waals surface area contributed by atoms with Crippen molar-refractivity contribution in [1.82, 2.24) is 45.6 Å². The molecule has 1 amide bonds. The molecule has 0 bridgehead atoms. The molecule has 0 saturated heterocycles. The van der Waals surface area contributed by atoms with Crippen LogP contribution in [-0.4, -0.2) is 57.3 Å². The van der Waals surface area contributed by atoms with Crippen LogP contribution >= 0.6 is 11.6 Å². The van der Waals surface area contributed by atoms with Gasteiger partial charge in [0.1, 0.15) is 16.9 Å². The molecule has 4 aromatic heterocycles. The van der Waals surface area contributed by atoms with Crippen LogP contribution in [0, 0.1) is 6.92 Å². The number of halogens is 1. The van der Waals surface area contributed by atoms with Gasteiger partial charge >= 0.3 is 5.97 Å². The maximum Gasteiger partial charge on any atom is 0.337 e. The summed E-state index contributed by atoms with van der Waals surface area (Å²) < 4.78 is 0. The molecule has 6 aromatic carbocycles. The summed E-state index contributed by atoms with van der Waals surface area (Å²) in [4.78, 5) is 39.2. The quantitative estimate of drug-likeness (QED) is 0.0826. The van der Waals surface area contributed by atoms with Crippen molar-refractivity contribution >= 4 is 67.4 Å². The highest BCUT2D eigenvalue weighted by molar-refractivity contribution is 6.30. The number of fused-ring (bicyclic) bond motifs is 4. The van der Waals surface area contributed by atoms with Crippen LogP contribution in [0.2, 0.25) is 5.02 Å². The van der Waals surface area contributed by atoms with Crippen molar-refractivity contribution in [3.05, 3.63) is 166 Å². The summed E-state index contributed by atoms with van der Waals surface area (Å²) in [6.07, 6.45) is 0. The Labute approximate surface area is 341 Å². The SMILES string of the molecule is Cc1cccc(CN)c1.O=C(NCc1cccc(Cl)c1)c1ccc2nc(-c3n[nH]c4ccccc34)[nH]c2c1.O=C(O)c1cccc2[nH]c(-c3n[nH]c4ccccc34)nc12. The van der Waals surface area contributed by atoms with E-state index in [2.05, 4.69) is 64.7 Å². The summed E-state index contributed by atoms with van der Waals surface area (Å²) in [5, 5.41) is 29.3. The zero-order valence-electron chi connectivity index (χ0n) is 31.6. The van der Waals surface area contributed by atoms with Gasteiger partial charge in [-0.1, -0.05) is 96.0 Å². The van der Waals surface area contributed by atoms with Gasteiger partial charge in [0.05, 0.1) is 33.1 Å². The number of carboxylic acid groups (broad SMARTS) is 1. The number of rotatable bonds is 7. The first-order valence-electron chi connectivity index (χ1n) is 18.6. The van der Waals surface area contributed by atoms with E-state index in [4.69, 9.17) is 17.3 Å². The Hall–Kier alpha value is -7.61. The van der Waals surface area contributed by atoms with E-state index in [0.29, 0.717) is 52.1 Å². The maximum absolute atomic E-state index is 12.6. The number of aromatic nitrogens is 8. The Kier molecular flexibility index (Phi) is 10.9. The molecular formula is C45H37ClN10O3. The van der Waals surface area contributed by atoms with Gasteiger partial charge in [0, 0.05) is 34.4 Å². The molecule has 10 aromatic rings. The number of aryl methyl sites for hydroxylation is 1. The Bertz CT molecular complexity index is 3110. The Morgan fingerprint density at radius 3 is 1.97 bits per heavy atom. The average Bonchev–Trinajstić information content (AvgIpc) is 4.07. The zero-order chi connectivity index (χ0) is 40.9. The van der Waals surface area contributed by atoms with Gasteiger partial charge in [0.15, 0.2) is 11.6 Å². The second-order valence-electron chi connectivity index (χ2n) is 13.7. The van der Waals surface area contributed by atoms with Crippen LogP contribution in [0.5, 0.6) is 0 Å². The predicted octanol–water partition coefficient (Wildman–Crippen LogP) is 8.95. The molecule has 0 aliphatic carbocycles. The van der Waals surface area contributed by atoms with Crippen LogP contribution in [0.25, 0.3) is 66.9 Å². The Morgan fingerprint density at radius 1 is 0.678 bits per heavy atom. The molecule has 0 fully saturated rings. The van der Waals surface area contributed by atoms with E-state index in [-0.39, 0.29) is 11.5 Å². The summed E-state index contributed by atoms with van der Waals surface area (Å²) in [6, 6.07) is 41.7. The largest absolute Gasteiger partial charge is 0.478 e. The number of imidazole rings is 2. The van der Waals surface area contributed by atoms with Gasteiger partial charge in [-0.2, -0.15) is 10.2 Å².